The third-order valence-corrected chi connectivity index (χ3v) is 4.09. The molecule has 19 heavy (non-hydrogen) atoms. The molecule has 0 bridgehead atoms. The van der Waals surface area contributed by atoms with Crippen LogP contribution in [-0.4, -0.2) is 25.5 Å². The fraction of sp³-hybridized carbons (Fsp3) is 0. The van der Waals surface area contributed by atoms with Crippen molar-refractivity contribution in [1.82, 2.24) is 4.98 Å². The Balaban J connectivity index is 1.89. The Hall–Kier alpha value is -1.56. The Morgan fingerprint density at radius 3 is 3.00 bits per heavy atom. The van der Waals surface area contributed by atoms with E-state index >= 15 is 0 Å². The van der Waals surface area contributed by atoms with Crippen LogP contribution in [0.25, 0.3) is 0 Å². The molecule has 3 rings (SSSR count). The van der Waals surface area contributed by atoms with E-state index in [2.05, 4.69) is 34.2 Å². The number of hydrogen-bond acceptors (Lipinski definition) is 4. The molecule has 0 spiro atoms. The molecule has 2 aromatic rings. The number of carbonyl (C=O) groups is 1. The van der Waals surface area contributed by atoms with Crippen molar-refractivity contribution in [3.8, 4) is 0 Å². The van der Waals surface area contributed by atoms with Crippen molar-refractivity contribution >= 4 is 53.5 Å². The van der Waals surface area contributed by atoms with Gasteiger partial charge in [0.05, 0.1) is 0 Å². The van der Waals surface area contributed by atoms with Gasteiger partial charge in [-0.05, 0) is 0 Å². The summed E-state index contributed by atoms with van der Waals surface area (Å²) in [6, 6.07) is 8.91. The van der Waals surface area contributed by atoms with Gasteiger partial charge in [-0.15, -0.1) is 0 Å². The predicted octanol–water partition coefficient (Wildman–Crippen LogP) is 3.44. The maximum absolute atomic E-state index is 12.1. The normalized spacial score (nSPS) is 11.8. The van der Waals surface area contributed by atoms with Crippen LogP contribution in [0.5, 0.6) is 0 Å². The molecule has 0 saturated carbocycles. The van der Waals surface area contributed by atoms with E-state index in [0.717, 1.165) is 11.4 Å². The second-order valence-corrected chi connectivity index (χ2v) is 5.68. The monoisotopic (exact) mass is 382 g/mol. The van der Waals surface area contributed by atoms with E-state index in [1.807, 2.05) is 18.2 Å². The molecule has 1 aromatic heterocycles. The quantitative estimate of drug-likeness (QED) is 0.545. The summed E-state index contributed by atoms with van der Waals surface area (Å²) in [7, 11) is 0. The summed E-state index contributed by atoms with van der Waals surface area (Å²) in [4.78, 5) is 16.1. The number of halogens is 1. The molecule has 0 radical (unpaired) electrons. The molecule has 2 heterocycles. The van der Waals surface area contributed by atoms with Gasteiger partial charge in [0.1, 0.15) is 0 Å². The van der Waals surface area contributed by atoms with Gasteiger partial charge in [0.2, 0.25) is 0 Å². The van der Waals surface area contributed by atoms with Gasteiger partial charge in [-0.25, -0.2) is 0 Å². The van der Waals surface area contributed by atoms with Crippen LogP contribution in [0.1, 0.15) is 10.4 Å². The van der Waals surface area contributed by atoms with E-state index in [1.54, 1.807) is 18.3 Å². The second-order valence-electron chi connectivity index (χ2n) is 3.76. The molecule has 1 amide bonds. The standard InChI is InChI=1S/C12H7BrN4OSe/c13-10-6-7(4-5-14-10)12(18)15-8-2-1-3-9-11(8)17-19-16-9/h1-6H,(H,15,18). The number of rotatable bonds is 2. The Morgan fingerprint density at radius 1 is 1.26 bits per heavy atom. The fourth-order valence-electron chi connectivity index (χ4n) is 1.65. The summed E-state index contributed by atoms with van der Waals surface area (Å²) in [5.41, 5.74) is 2.84. The van der Waals surface area contributed by atoms with Crippen molar-refractivity contribution in [3.63, 3.8) is 0 Å². The average molecular weight is 382 g/mol. The molecule has 0 saturated heterocycles. The van der Waals surface area contributed by atoms with Crippen molar-refractivity contribution in [1.29, 1.82) is 0 Å². The minimum atomic E-state index is -0.189. The van der Waals surface area contributed by atoms with E-state index in [9.17, 15) is 4.79 Å². The first kappa shape index (κ1) is 12.5. The van der Waals surface area contributed by atoms with E-state index in [1.165, 1.54) is 0 Å². The molecule has 0 atom stereocenters. The maximum atomic E-state index is 12.1. The summed E-state index contributed by atoms with van der Waals surface area (Å²) >= 11 is 3.14. The van der Waals surface area contributed by atoms with Crippen molar-refractivity contribution in [2.24, 2.45) is 7.92 Å². The molecule has 1 aliphatic heterocycles. The number of amides is 1. The molecular formula is C12H7BrN4OSe. The molecular weight excluding hydrogens is 375 g/mol. The van der Waals surface area contributed by atoms with Crippen molar-refractivity contribution < 1.29 is 4.79 Å². The van der Waals surface area contributed by atoms with Crippen molar-refractivity contribution in [2.45, 2.75) is 0 Å². The third-order valence-electron chi connectivity index (χ3n) is 2.52. The zero-order valence-electron chi connectivity index (χ0n) is 9.50. The molecule has 1 N–H and O–H groups in total. The van der Waals surface area contributed by atoms with E-state index in [0.29, 0.717) is 15.9 Å². The number of pyridine rings is 1. The number of fused-ring (bicyclic) bond motifs is 1. The summed E-state index contributed by atoms with van der Waals surface area (Å²) < 4.78 is 9.23. The summed E-state index contributed by atoms with van der Waals surface area (Å²) in [6.45, 7) is 0. The first-order valence-electron chi connectivity index (χ1n) is 5.38. The van der Waals surface area contributed by atoms with Gasteiger partial charge in [0.15, 0.2) is 0 Å². The van der Waals surface area contributed by atoms with E-state index < -0.39 is 0 Å². The average Bonchev–Trinajstić information content (AvgIpc) is 2.88. The molecule has 7 heteroatoms. The Labute approximate surface area is 123 Å². The zero-order chi connectivity index (χ0) is 13.2. The van der Waals surface area contributed by atoms with Crippen LogP contribution >= 0.6 is 15.9 Å². The van der Waals surface area contributed by atoms with Gasteiger partial charge >= 0.3 is 123 Å². The summed E-state index contributed by atoms with van der Waals surface area (Å²) in [6.07, 6.45) is 1.58. The number of hydrogen-bond donors (Lipinski definition) is 1. The van der Waals surface area contributed by atoms with Crippen LogP contribution in [0.15, 0.2) is 49.1 Å². The molecule has 0 unspecified atom stereocenters. The van der Waals surface area contributed by atoms with Crippen LogP contribution < -0.4 is 5.32 Å². The van der Waals surface area contributed by atoms with Gasteiger partial charge in [-0.2, -0.15) is 0 Å². The van der Waals surface area contributed by atoms with Gasteiger partial charge in [0.25, 0.3) is 0 Å². The molecule has 94 valence electrons. The molecule has 1 aromatic carbocycles. The van der Waals surface area contributed by atoms with Crippen LogP contribution in [0.3, 0.4) is 0 Å². The number of nitrogens with zero attached hydrogens (tertiary/aromatic N) is 3. The van der Waals surface area contributed by atoms with Crippen LogP contribution in [0.2, 0.25) is 0 Å². The molecule has 5 nitrogen and oxygen atoms in total. The minimum absolute atomic E-state index is 0.108. The number of benzene rings is 1. The van der Waals surface area contributed by atoms with Crippen LogP contribution in [0, 0.1) is 0 Å². The molecule has 0 aliphatic carbocycles. The molecule has 0 fully saturated rings. The summed E-state index contributed by atoms with van der Waals surface area (Å²) in [5.74, 6) is -0.189. The SMILES string of the molecule is O=C(Nc1cccc2c1N=[Se]=N2)c1ccnc(Br)c1. The van der Waals surface area contributed by atoms with E-state index in [4.69, 9.17) is 0 Å². The Kier molecular flexibility index (Phi) is 3.42. The van der Waals surface area contributed by atoms with Crippen LogP contribution in [-0.2, 0) is 0 Å². The number of carbonyl (C=O) groups excluding carboxylic acids is 1. The Bertz CT molecular complexity index is 740. The second kappa shape index (κ2) is 5.20. The fourth-order valence-corrected chi connectivity index (χ4v) is 3.16. The number of anilines is 1. The molecule has 1 aliphatic rings. The van der Waals surface area contributed by atoms with Crippen molar-refractivity contribution in [3.05, 3.63) is 46.7 Å². The third kappa shape index (κ3) is 2.58. The van der Waals surface area contributed by atoms with Gasteiger partial charge in [-0.1, -0.05) is 0 Å². The Morgan fingerprint density at radius 2 is 2.16 bits per heavy atom. The number of nitrogens with one attached hydrogen (secondary N) is 1. The van der Waals surface area contributed by atoms with Crippen molar-refractivity contribution in [2.75, 3.05) is 5.32 Å². The predicted molar refractivity (Wildman–Crippen MR) is 76.3 cm³/mol. The van der Waals surface area contributed by atoms with Gasteiger partial charge < -0.3 is 0 Å². The first-order valence-corrected chi connectivity index (χ1v) is 7.71. The van der Waals surface area contributed by atoms with Crippen LogP contribution in [0.4, 0.5) is 17.1 Å². The van der Waals surface area contributed by atoms with E-state index in [-0.39, 0.29) is 20.5 Å². The number of aromatic nitrogens is 1. The topological polar surface area (TPSA) is 66.7 Å². The zero-order valence-corrected chi connectivity index (χ0v) is 12.8. The summed E-state index contributed by atoms with van der Waals surface area (Å²) in [5, 5.41) is 2.85. The van der Waals surface area contributed by atoms with Gasteiger partial charge in [0, 0.05) is 0 Å². The van der Waals surface area contributed by atoms with Gasteiger partial charge in [-0.3, -0.25) is 0 Å². The first-order chi connectivity index (χ1) is 9.24.